The number of carbonyl (C=O) groups is 1. The maximum Gasteiger partial charge on any atom is 0.270 e. The number of nitrogens with zero attached hydrogens (tertiary/aromatic N) is 2. The first-order valence-electron chi connectivity index (χ1n) is 7.26. The second-order valence-electron chi connectivity index (χ2n) is 5.90. The maximum atomic E-state index is 12.0. The molecular formula is C15H26N4O. The van der Waals surface area contributed by atoms with Crippen LogP contribution < -0.4 is 10.6 Å². The Bertz CT molecular complexity index is 443. The highest BCUT2D eigenvalue weighted by atomic mass is 16.1. The minimum Gasteiger partial charge on any atom is -0.370 e. The van der Waals surface area contributed by atoms with Gasteiger partial charge in [-0.1, -0.05) is 27.7 Å². The van der Waals surface area contributed by atoms with Crippen molar-refractivity contribution in [1.82, 2.24) is 15.3 Å². The molecule has 1 rings (SSSR count). The highest BCUT2D eigenvalue weighted by Crippen LogP contribution is 2.08. The van der Waals surface area contributed by atoms with Gasteiger partial charge in [-0.05, 0) is 25.2 Å². The summed E-state index contributed by atoms with van der Waals surface area (Å²) in [5, 5.41) is 6.12. The Morgan fingerprint density at radius 1 is 1.20 bits per heavy atom. The number of hydrogen-bond acceptors (Lipinski definition) is 4. The third kappa shape index (κ3) is 5.99. The molecule has 0 spiro atoms. The molecule has 0 atom stereocenters. The van der Waals surface area contributed by atoms with Crippen LogP contribution in [0, 0.1) is 18.8 Å². The fourth-order valence-electron chi connectivity index (χ4n) is 1.65. The number of hydrogen-bond donors (Lipinski definition) is 2. The summed E-state index contributed by atoms with van der Waals surface area (Å²) in [6, 6.07) is 1.71. The zero-order valence-corrected chi connectivity index (χ0v) is 13.2. The van der Waals surface area contributed by atoms with Gasteiger partial charge in [0, 0.05) is 19.2 Å². The van der Waals surface area contributed by atoms with E-state index in [9.17, 15) is 4.79 Å². The van der Waals surface area contributed by atoms with Gasteiger partial charge in [-0.2, -0.15) is 0 Å². The lowest BCUT2D eigenvalue weighted by molar-refractivity contribution is 0.0943. The van der Waals surface area contributed by atoms with Gasteiger partial charge in [0.15, 0.2) is 0 Å². The number of nitrogens with one attached hydrogen (secondary N) is 2. The summed E-state index contributed by atoms with van der Waals surface area (Å²) in [5.74, 6) is 2.24. The fraction of sp³-hybridized carbons (Fsp3) is 0.667. The van der Waals surface area contributed by atoms with E-state index in [1.54, 1.807) is 13.0 Å². The molecule has 0 aliphatic rings. The molecule has 1 amide bonds. The topological polar surface area (TPSA) is 66.9 Å². The molecule has 1 heterocycles. The largest absolute Gasteiger partial charge is 0.370 e. The quantitative estimate of drug-likeness (QED) is 0.804. The van der Waals surface area contributed by atoms with Crippen LogP contribution in [0.5, 0.6) is 0 Å². The van der Waals surface area contributed by atoms with Gasteiger partial charge in [0.05, 0.1) is 0 Å². The molecule has 20 heavy (non-hydrogen) atoms. The summed E-state index contributed by atoms with van der Waals surface area (Å²) < 4.78 is 0. The van der Waals surface area contributed by atoms with Crippen molar-refractivity contribution in [3.8, 4) is 0 Å². The average Bonchev–Trinajstić information content (AvgIpc) is 2.34. The highest BCUT2D eigenvalue weighted by Gasteiger charge is 2.10. The Labute approximate surface area is 121 Å². The first-order valence-corrected chi connectivity index (χ1v) is 7.26. The van der Waals surface area contributed by atoms with Gasteiger partial charge in [-0.25, -0.2) is 9.97 Å². The van der Waals surface area contributed by atoms with Gasteiger partial charge in [-0.3, -0.25) is 4.79 Å². The molecule has 5 nitrogen and oxygen atoms in total. The minimum absolute atomic E-state index is 0.142. The third-order valence-electron chi connectivity index (χ3n) is 2.77. The number of aromatic nitrogens is 2. The van der Waals surface area contributed by atoms with E-state index in [2.05, 4.69) is 48.3 Å². The van der Waals surface area contributed by atoms with Crippen molar-refractivity contribution in [2.75, 3.05) is 18.4 Å². The molecule has 0 bridgehead atoms. The van der Waals surface area contributed by atoms with E-state index in [0.29, 0.717) is 35.7 Å². The van der Waals surface area contributed by atoms with Crippen LogP contribution in [0.4, 0.5) is 5.82 Å². The summed E-state index contributed by atoms with van der Waals surface area (Å²) in [4.78, 5) is 20.5. The summed E-state index contributed by atoms with van der Waals surface area (Å²) >= 11 is 0. The molecule has 0 aliphatic carbocycles. The molecule has 2 N–H and O–H groups in total. The summed E-state index contributed by atoms with van der Waals surface area (Å²) in [5.41, 5.74) is 0.421. The molecule has 112 valence electrons. The zero-order valence-electron chi connectivity index (χ0n) is 13.2. The van der Waals surface area contributed by atoms with Crippen LogP contribution in [0.1, 0.15) is 50.4 Å². The van der Waals surface area contributed by atoms with Gasteiger partial charge in [0.2, 0.25) is 0 Å². The molecule has 0 radical (unpaired) electrons. The molecule has 1 aromatic heterocycles. The number of carbonyl (C=O) groups excluding carboxylic acids is 1. The Hall–Kier alpha value is -1.65. The van der Waals surface area contributed by atoms with Gasteiger partial charge in [0.25, 0.3) is 5.91 Å². The predicted octanol–water partition coefficient (Wildman–Crippen LogP) is 2.63. The van der Waals surface area contributed by atoms with Crippen LogP contribution in [0.15, 0.2) is 6.07 Å². The lowest BCUT2D eigenvalue weighted by atomic mass is 10.1. The molecule has 0 unspecified atom stereocenters. The van der Waals surface area contributed by atoms with Crippen molar-refractivity contribution < 1.29 is 4.79 Å². The van der Waals surface area contributed by atoms with Crippen molar-refractivity contribution in [3.05, 3.63) is 17.6 Å². The van der Waals surface area contributed by atoms with Crippen molar-refractivity contribution >= 4 is 11.7 Å². The van der Waals surface area contributed by atoms with E-state index in [4.69, 9.17) is 0 Å². The number of rotatable bonds is 7. The van der Waals surface area contributed by atoms with Gasteiger partial charge >= 0.3 is 0 Å². The number of amides is 1. The third-order valence-corrected chi connectivity index (χ3v) is 2.77. The first-order chi connectivity index (χ1) is 9.38. The molecule has 0 aromatic carbocycles. The second-order valence-corrected chi connectivity index (χ2v) is 5.90. The average molecular weight is 278 g/mol. The number of aryl methyl sites for hydroxylation is 1. The summed E-state index contributed by atoms with van der Waals surface area (Å²) in [7, 11) is 0. The van der Waals surface area contributed by atoms with E-state index in [0.717, 1.165) is 13.0 Å². The van der Waals surface area contributed by atoms with E-state index < -0.39 is 0 Å². The Morgan fingerprint density at radius 3 is 2.50 bits per heavy atom. The van der Waals surface area contributed by atoms with E-state index in [-0.39, 0.29) is 5.91 Å². The minimum atomic E-state index is -0.142. The van der Waals surface area contributed by atoms with Crippen LogP contribution in [0.3, 0.4) is 0 Å². The predicted molar refractivity (Wildman–Crippen MR) is 81.9 cm³/mol. The van der Waals surface area contributed by atoms with Crippen LogP contribution in [0.2, 0.25) is 0 Å². The van der Waals surface area contributed by atoms with E-state index in [1.165, 1.54) is 0 Å². The fourth-order valence-corrected chi connectivity index (χ4v) is 1.65. The summed E-state index contributed by atoms with van der Waals surface area (Å²) in [6.07, 6.45) is 1.07. The SMILES string of the molecule is Cc1nc(NCCC(C)C)cc(C(=O)NCC(C)C)n1. The van der Waals surface area contributed by atoms with Crippen LogP contribution in [0.25, 0.3) is 0 Å². The lowest BCUT2D eigenvalue weighted by Crippen LogP contribution is -2.28. The molecule has 0 fully saturated rings. The lowest BCUT2D eigenvalue weighted by Gasteiger charge is -2.11. The monoisotopic (exact) mass is 278 g/mol. The van der Waals surface area contributed by atoms with Crippen molar-refractivity contribution in [2.45, 2.75) is 41.0 Å². The van der Waals surface area contributed by atoms with E-state index >= 15 is 0 Å². The smallest absolute Gasteiger partial charge is 0.270 e. The van der Waals surface area contributed by atoms with E-state index in [1.807, 2.05) is 0 Å². The Morgan fingerprint density at radius 2 is 1.90 bits per heavy atom. The van der Waals surface area contributed by atoms with Gasteiger partial charge in [0.1, 0.15) is 17.3 Å². The van der Waals surface area contributed by atoms with Crippen molar-refractivity contribution in [2.24, 2.45) is 11.8 Å². The maximum absolute atomic E-state index is 12.0. The standard InChI is InChI=1S/C15H26N4O/c1-10(2)6-7-16-14-8-13(18-12(5)19-14)15(20)17-9-11(3)4/h8,10-11H,6-7,9H2,1-5H3,(H,17,20)(H,16,18,19). The van der Waals surface area contributed by atoms with Crippen molar-refractivity contribution in [3.63, 3.8) is 0 Å². The molecule has 1 aromatic rings. The Kier molecular flexibility index (Phi) is 6.42. The first kappa shape index (κ1) is 16.4. The molecule has 0 saturated carbocycles. The van der Waals surface area contributed by atoms with Gasteiger partial charge in [-0.15, -0.1) is 0 Å². The highest BCUT2D eigenvalue weighted by molar-refractivity contribution is 5.92. The molecular weight excluding hydrogens is 252 g/mol. The second kappa shape index (κ2) is 7.82. The van der Waals surface area contributed by atoms with Crippen LogP contribution in [-0.4, -0.2) is 29.0 Å². The normalized spacial score (nSPS) is 10.9. The molecule has 0 saturated heterocycles. The molecule has 5 heteroatoms. The van der Waals surface area contributed by atoms with Crippen LogP contribution >= 0.6 is 0 Å². The Balaban J connectivity index is 2.67. The molecule has 0 aliphatic heterocycles. The zero-order chi connectivity index (χ0) is 15.1. The van der Waals surface area contributed by atoms with Crippen LogP contribution in [-0.2, 0) is 0 Å². The number of anilines is 1. The van der Waals surface area contributed by atoms with Gasteiger partial charge < -0.3 is 10.6 Å². The van der Waals surface area contributed by atoms with Crippen molar-refractivity contribution in [1.29, 1.82) is 0 Å². The summed E-state index contributed by atoms with van der Waals surface area (Å²) in [6.45, 7) is 11.8.